The summed E-state index contributed by atoms with van der Waals surface area (Å²) in [4.78, 5) is 2.37. The summed E-state index contributed by atoms with van der Waals surface area (Å²) in [6, 6.07) is 14.7. The molecule has 0 aromatic heterocycles. The number of benzene rings is 2. The van der Waals surface area contributed by atoms with E-state index in [2.05, 4.69) is 59.6 Å². The van der Waals surface area contributed by atoms with Crippen molar-refractivity contribution in [1.82, 2.24) is 0 Å². The maximum Gasteiger partial charge on any atom is 0.124 e. The predicted octanol–water partition coefficient (Wildman–Crippen LogP) is 3.50. The molecular weight excluding hydrogens is 286 g/mol. The van der Waals surface area contributed by atoms with E-state index in [0.717, 1.165) is 45.0 Å². The summed E-state index contributed by atoms with van der Waals surface area (Å²) < 4.78 is 5.95. The topological polar surface area (TPSA) is 50.5 Å². The Bertz CT molecular complexity index is 643. The standard InChI is InChI=1S/C19H25N3O/c1-15-18(23-12-6-5-11-20)10-9-17-19(15)22(14-21-17)13-16-7-3-2-4-8-16/h2-4,7-10,21H,5-6,11-14,20H2,1H3. The molecule has 0 amide bonds. The average Bonchev–Trinajstić information content (AvgIpc) is 2.98. The molecule has 3 rings (SSSR count). The van der Waals surface area contributed by atoms with Gasteiger partial charge in [0.05, 0.1) is 24.7 Å². The quantitative estimate of drug-likeness (QED) is 0.768. The van der Waals surface area contributed by atoms with E-state index in [1.807, 2.05) is 0 Å². The lowest BCUT2D eigenvalue weighted by molar-refractivity contribution is 0.306. The lowest BCUT2D eigenvalue weighted by atomic mass is 10.1. The molecule has 1 aliphatic rings. The van der Waals surface area contributed by atoms with Crippen LogP contribution in [0.4, 0.5) is 11.4 Å². The van der Waals surface area contributed by atoms with Gasteiger partial charge in [-0.05, 0) is 44.0 Å². The minimum absolute atomic E-state index is 0.724. The molecule has 0 fully saturated rings. The fourth-order valence-corrected chi connectivity index (χ4v) is 3.02. The van der Waals surface area contributed by atoms with Crippen molar-refractivity contribution in [1.29, 1.82) is 0 Å². The van der Waals surface area contributed by atoms with E-state index in [1.54, 1.807) is 0 Å². The largest absolute Gasteiger partial charge is 0.493 e. The molecule has 0 atom stereocenters. The number of fused-ring (bicyclic) bond motifs is 1. The lowest BCUT2D eigenvalue weighted by Gasteiger charge is -2.21. The zero-order valence-electron chi connectivity index (χ0n) is 13.7. The number of nitrogens with two attached hydrogens (primary N) is 1. The molecule has 0 radical (unpaired) electrons. The molecule has 4 nitrogen and oxygen atoms in total. The highest BCUT2D eigenvalue weighted by Crippen LogP contribution is 2.40. The molecule has 3 N–H and O–H groups in total. The summed E-state index contributed by atoms with van der Waals surface area (Å²) in [5.74, 6) is 0.975. The van der Waals surface area contributed by atoms with E-state index in [0.29, 0.717) is 0 Å². The van der Waals surface area contributed by atoms with E-state index in [4.69, 9.17) is 10.5 Å². The molecular formula is C19H25N3O. The third kappa shape index (κ3) is 3.59. The Labute approximate surface area is 138 Å². The van der Waals surface area contributed by atoms with Gasteiger partial charge in [-0.1, -0.05) is 30.3 Å². The Morgan fingerprint density at radius 2 is 1.96 bits per heavy atom. The van der Waals surface area contributed by atoms with Crippen molar-refractivity contribution in [2.24, 2.45) is 5.73 Å². The molecule has 4 heteroatoms. The molecule has 0 saturated carbocycles. The number of hydrogen-bond donors (Lipinski definition) is 2. The number of nitrogens with one attached hydrogen (secondary N) is 1. The fourth-order valence-electron chi connectivity index (χ4n) is 3.02. The maximum atomic E-state index is 5.95. The van der Waals surface area contributed by atoms with E-state index in [-0.39, 0.29) is 0 Å². The van der Waals surface area contributed by atoms with Crippen LogP contribution in [0.2, 0.25) is 0 Å². The van der Waals surface area contributed by atoms with E-state index in [1.165, 1.54) is 22.5 Å². The zero-order valence-corrected chi connectivity index (χ0v) is 13.7. The Balaban J connectivity index is 1.75. The molecule has 122 valence electrons. The van der Waals surface area contributed by atoms with Crippen LogP contribution in [0.5, 0.6) is 5.75 Å². The van der Waals surface area contributed by atoms with Crippen LogP contribution in [0.3, 0.4) is 0 Å². The molecule has 23 heavy (non-hydrogen) atoms. The van der Waals surface area contributed by atoms with Crippen LogP contribution in [-0.4, -0.2) is 19.8 Å². The second kappa shape index (κ2) is 7.38. The van der Waals surface area contributed by atoms with Crippen LogP contribution in [0.25, 0.3) is 0 Å². The van der Waals surface area contributed by atoms with Gasteiger partial charge in [-0.25, -0.2) is 0 Å². The summed E-state index contributed by atoms with van der Waals surface area (Å²) in [6.07, 6.45) is 2.00. The second-order valence-electron chi connectivity index (χ2n) is 5.95. The number of unbranched alkanes of at least 4 members (excludes halogenated alkanes) is 1. The monoisotopic (exact) mass is 311 g/mol. The summed E-state index contributed by atoms with van der Waals surface area (Å²) in [6.45, 7) is 5.33. The van der Waals surface area contributed by atoms with Gasteiger partial charge in [0.1, 0.15) is 5.75 Å². The van der Waals surface area contributed by atoms with Crippen LogP contribution >= 0.6 is 0 Å². The van der Waals surface area contributed by atoms with Gasteiger partial charge in [0.25, 0.3) is 0 Å². The first-order chi connectivity index (χ1) is 11.3. The third-order valence-corrected chi connectivity index (χ3v) is 4.23. The number of ether oxygens (including phenoxy) is 1. The second-order valence-corrected chi connectivity index (χ2v) is 5.95. The van der Waals surface area contributed by atoms with Crippen LogP contribution < -0.4 is 20.7 Å². The highest BCUT2D eigenvalue weighted by atomic mass is 16.5. The number of rotatable bonds is 7. The van der Waals surface area contributed by atoms with Crippen molar-refractivity contribution in [2.75, 3.05) is 30.0 Å². The van der Waals surface area contributed by atoms with E-state index < -0.39 is 0 Å². The van der Waals surface area contributed by atoms with Crippen molar-refractivity contribution in [3.63, 3.8) is 0 Å². The molecule has 0 spiro atoms. The summed E-state index contributed by atoms with van der Waals surface area (Å²) in [7, 11) is 0. The summed E-state index contributed by atoms with van der Waals surface area (Å²) in [5, 5.41) is 3.47. The van der Waals surface area contributed by atoms with Crippen LogP contribution in [0.15, 0.2) is 42.5 Å². The van der Waals surface area contributed by atoms with Crippen LogP contribution in [0.1, 0.15) is 24.0 Å². The van der Waals surface area contributed by atoms with Gasteiger partial charge in [-0.15, -0.1) is 0 Å². The van der Waals surface area contributed by atoms with Crippen LogP contribution in [-0.2, 0) is 6.54 Å². The average molecular weight is 311 g/mol. The first-order valence-corrected chi connectivity index (χ1v) is 8.29. The molecule has 1 heterocycles. The SMILES string of the molecule is Cc1c(OCCCCN)ccc2c1N(Cc1ccccc1)CN2. The van der Waals surface area contributed by atoms with Gasteiger partial charge in [-0.3, -0.25) is 0 Å². The Kier molecular flexibility index (Phi) is 5.03. The molecule has 2 aromatic rings. The van der Waals surface area contributed by atoms with Crippen molar-refractivity contribution < 1.29 is 4.74 Å². The van der Waals surface area contributed by atoms with E-state index >= 15 is 0 Å². The van der Waals surface area contributed by atoms with Gasteiger partial charge in [0.15, 0.2) is 0 Å². The van der Waals surface area contributed by atoms with E-state index in [9.17, 15) is 0 Å². The van der Waals surface area contributed by atoms with Gasteiger partial charge in [0, 0.05) is 12.1 Å². The smallest absolute Gasteiger partial charge is 0.124 e. The van der Waals surface area contributed by atoms with Crippen LogP contribution in [0, 0.1) is 6.92 Å². The first kappa shape index (κ1) is 15.7. The number of anilines is 2. The molecule has 0 aliphatic carbocycles. The molecule has 0 bridgehead atoms. The van der Waals surface area contributed by atoms with Gasteiger partial charge in [-0.2, -0.15) is 0 Å². The van der Waals surface area contributed by atoms with Gasteiger partial charge >= 0.3 is 0 Å². The van der Waals surface area contributed by atoms with Gasteiger partial charge in [0.2, 0.25) is 0 Å². The Morgan fingerprint density at radius 1 is 1.13 bits per heavy atom. The minimum Gasteiger partial charge on any atom is -0.493 e. The van der Waals surface area contributed by atoms with Gasteiger partial charge < -0.3 is 20.7 Å². The molecule has 0 saturated heterocycles. The Hall–Kier alpha value is -2.20. The maximum absolute atomic E-state index is 5.95. The zero-order chi connectivity index (χ0) is 16.1. The highest BCUT2D eigenvalue weighted by Gasteiger charge is 2.22. The lowest BCUT2D eigenvalue weighted by Crippen LogP contribution is -2.22. The fraction of sp³-hybridized carbons (Fsp3) is 0.368. The molecule has 1 aliphatic heterocycles. The highest BCUT2D eigenvalue weighted by molar-refractivity contribution is 5.80. The van der Waals surface area contributed by atoms with Crippen molar-refractivity contribution in [3.8, 4) is 5.75 Å². The number of nitrogens with zero attached hydrogens (tertiary/aromatic N) is 1. The summed E-state index contributed by atoms with van der Waals surface area (Å²) in [5.41, 5.74) is 10.5. The summed E-state index contributed by atoms with van der Waals surface area (Å²) >= 11 is 0. The third-order valence-electron chi connectivity index (χ3n) is 4.23. The first-order valence-electron chi connectivity index (χ1n) is 8.29. The predicted molar refractivity (Wildman–Crippen MR) is 96.1 cm³/mol. The Morgan fingerprint density at radius 3 is 2.74 bits per heavy atom. The van der Waals surface area contributed by atoms with Crippen molar-refractivity contribution in [3.05, 3.63) is 53.6 Å². The molecule has 2 aromatic carbocycles. The molecule has 0 unspecified atom stereocenters. The van der Waals surface area contributed by atoms with Crippen molar-refractivity contribution in [2.45, 2.75) is 26.3 Å². The minimum atomic E-state index is 0.724. The number of hydrogen-bond acceptors (Lipinski definition) is 4. The van der Waals surface area contributed by atoms with Crippen molar-refractivity contribution >= 4 is 11.4 Å². The normalized spacial score (nSPS) is 12.9.